The summed E-state index contributed by atoms with van der Waals surface area (Å²) in [6.07, 6.45) is 2.29. The molecule has 1 amide bonds. The molecular formula is C11H8FN5O. The normalized spacial score (nSPS) is 9.83. The molecule has 6 nitrogen and oxygen atoms in total. The third-order valence-electron chi connectivity index (χ3n) is 2.25. The molecule has 2 aromatic rings. The highest BCUT2D eigenvalue weighted by Gasteiger charge is 2.13. The summed E-state index contributed by atoms with van der Waals surface area (Å²) in [6, 6.07) is 4.30. The third kappa shape index (κ3) is 2.17. The minimum atomic E-state index is -0.532. The van der Waals surface area contributed by atoms with E-state index in [2.05, 4.69) is 15.4 Å². The standard InChI is InChI=1S/C11H8FN5O/c1-17-10(7(4-13)5-15-17)16-11(18)9-3-2-8(12)6-14-9/h2-3,5-6H,1H3,(H,16,18). The molecule has 18 heavy (non-hydrogen) atoms. The Morgan fingerprint density at radius 3 is 2.89 bits per heavy atom. The van der Waals surface area contributed by atoms with Crippen molar-refractivity contribution >= 4 is 11.7 Å². The number of nitriles is 1. The highest BCUT2D eigenvalue weighted by Crippen LogP contribution is 2.13. The van der Waals surface area contributed by atoms with Gasteiger partial charge in [0.05, 0.1) is 12.4 Å². The van der Waals surface area contributed by atoms with Crippen molar-refractivity contribution in [3.05, 3.63) is 41.6 Å². The molecule has 0 radical (unpaired) electrons. The van der Waals surface area contributed by atoms with Crippen LogP contribution >= 0.6 is 0 Å². The highest BCUT2D eigenvalue weighted by molar-refractivity contribution is 6.02. The van der Waals surface area contributed by atoms with Gasteiger partial charge in [0.15, 0.2) is 0 Å². The minimum Gasteiger partial charge on any atom is -0.304 e. The summed E-state index contributed by atoms with van der Waals surface area (Å²) in [4.78, 5) is 15.4. The van der Waals surface area contributed by atoms with Crippen molar-refractivity contribution < 1.29 is 9.18 Å². The van der Waals surface area contributed by atoms with Gasteiger partial charge in [-0.2, -0.15) is 10.4 Å². The fraction of sp³-hybridized carbons (Fsp3) is 0.0909. The zero-order valence-electron chi connectivity index (χ0n) is 9.38. The highest BCUT2D eigenvalue weighted by atomic mass is 19.1. The molecule has 0 aromatic carbocycles. The second kappa shape index (κ2) is 4.63. The van der Waals surface area contributed by atoms with E-state index in [-0.39, 0.29) is 17.1 Å². The molecule has 2 heterocycles. The molecule has 0 atom stereocenters. The average Bonchev–Trinajstić information content (AvgIpc) is 2.71. The number of halogens is 1. The first-order valence-corrected chi connectivity index (χ1v) is 4.97. The Hall–Kier alpha value is -2.75. The van der Waals surface area contributed by atoms with E-state index < -0.39 is 11.7 Å². The van der Waals surface area contributed by atoms with E-state index in [0.717, 1.165) is 12.3 Å². The third-order valence-corrected chi connectivity index (χ3v) is 2.25. The van der Waals surface area contributed by atoms with E-state index in [4.69, 9.17) is 5.26 Å². The van der Waals surface area contributed by atoms with Crippen LogP contribution < -0.4 is 5.32 Å². The SMILES string of the molecule is Cn1ncc(C#N)c1NC(=O)c1ccc(F)cn1. The Morgan fingerprint density at radius 1 is 1.50 bits per heavy atom. The van der Waals surface area contributed by atoms with Crippen molar-refractivity contribution in [1.29, 1.82) is 5.26 Å². The molecule has 0 bridgehead atoms. The lowest BCUT2D eigenvalue weighted by Gasteiger charge is -2.05. The van der Waals surface area contributed by atoms with Crippen LogP contribution in [0.2, 0.25) is 0 Å². The largest absolute Gasteiger partial charge is 0.304 e. The van der Waals surface area contributed by atoms with Crippen LogP contribution in [0.4, 0.5) is 10.2 Å². The van der Waals surface area contributed by atoms with Crippen LogP contribution in [0.1, 0.15) is 16.1 Å². The number of aryl methyl sites for hydroxylation is 1. The molecule has 0 spiro atoms. The maximum atomic E-state index is 12.7. The predicted molar refractivity (Wildman–Crippen MR) is 60.1 cm³/mol. The van der Waals surface area contributed by atoms with E-state index in [1.807, 2.05) is 6.07 Å². The maximum Gasteiger partial charge on any atom is 0.275 e. The average molecular weight is 245 g/mol. The van der Waals surface area contributed by atoms with E-state index in [1.54, 1.807) is 7.05 Å². The fourth-order valence-electron chi connectivity index (χ4n) is 1.35. The zero-order chi connectivity index (χ0) is 13.1. The van der Waals surface area contributed by atoms with Gasteiger partial charge in [0, 0.05) is 7.05 Å². The number of rotatable bonds is 2. The zero-order valence-corrected chi connectivity index (χ0v) is 9.38. The molecule has 0 aliphatic heterocycles. The topological polar surface area (TPSA) is 83.6 Å². The number of carbonyl (C=O) groups is 1. The summed E-state index contributed by atoms with van der Waals surface area (Å²) < 4.78 is 14.0. The van der Waals surface area contributed by atoms with Crippen LogP contribution in [0.15, 0.2) is 24.5 Å². The smallest absolute Gasteiger partial charge is 0.275 e. The number of hydrogen-bond acceptors (Lipinski definition) is 4. The lowest BCUT2D eigenvalue weighted by Crippen LogP contribution is -2.16. The molecular weight excluding hydrogens is 237 g/mol. The molecule has 0 saturated heterocycles. The Bertz CT molecular complexity index is 626. The van der Waals surface area contributed by atoms with Gasteiger partial charge in [0.25, 0.3) is 5.91 Å². The van der Waals surface area contributed by atoms with Crippen LogP contribution in [0.25, 0.3) is 0 Å². The van der Waals surface area contributed by atoms with E-state index in [0.29, 0.717) is 0 Å². The van der Waals surface area contributed by atoms with Gasteiger partial charge in [-0.05, 0) is 12.1 Å². The molecule has 0 fully saturated rings. The summed E-state index contributed by atoms with van der Waals surface area (Å²) in [5.41, 5.74) is 0.300. The predicted octanol–water partition coefficient (Wildman–Crippen LogP) is 1.08. The van der Waals surface area contributed by atoms with Crippen LogP contribution in [0.3, 0.4) is 0 Å². The number of nitrogens with one attached hydrogen (secondary N) is 1. The van der Waals surface area contributed by atoms with Crippen molar-refractivity contribution in [2.75, 3.05) is 5.32 Å². The van der Waals surface area contributed by atoms with E-state index in [1.165, 1.54) is 16.9 Å². The Morgan fingerprint density at radius 2 is 2.28 bits per heavy atom. The number of hydrogen-bond donors (Lipinski definition) is 1. The van der Waals surface area contributed by atoms with Gasteiger partial charge in [-0.3, -0.25) is 9.48 Å². The van der Waals surface area contributed by atoms with Gasteiger partial charge in [-0.25, -0.2) is 9.37 Å². The van der Waals surface area contributed by atoms with Crippen molar-refractivity contribution in [2.45, 2.75) is 0 Å². The first-order chi connectivity index (χ1) is 8.61. The molecule has 90 valence electrons. The first kappa shape index (κ1) is 11.7. The molecule has 2 aromatic heterocycles. The van der Waals surface area contributed by atoms with Crippen molar-refractivity contribution in [1.82, 2.24) is 14.8 Å². The lowest BCUT2D eigenvalue weighted by atomic mass is 10.3. The molecule has 7 heteroatoms. The van der Waals surface area contributed by atoms with Gasteiger partial charge >= 0.3 is 0 Å². The van der Waals surface area contributed by atoms with Crippen molar-refractivity contribution in [2.24, 2.45) is 7.05 Å². The summed E-state index contributed by atoms with van der Waals surface area (Å²) in [7, 11) is 1.59. The monoisotopic (exact) mass is 245 g/mol. The van der Waals surface area contributed by atoms with Crippen LogP contribution in [0, 0.1) is 17.1 Å². The fourth-order valence-corrected chi connectivity index (χ4v) is 1.35. The summed E-state index contributed by atoms with van der Waals surface area (Å²) in [6.45, 7) is 0. The summed E-state index contributed by atoms with van der Waals surface area (Å²) >= 11 is 0. The number of amides is 1. The number of anilines is 1. The summed E-state index contributed by atoms with van der Waals surface area (Å²) in [5, 5.41) is 15.2. The molecule has 1 N–H and O–H groups in total. The van der Waals surface area contributed by atoms with Crippen molar-refractivity contribution in [3.8, 4) is 6.07 Å². The van der Waals surface area contributed by atoms with Crippen LogP contribution in [-0.4, -0.2) is 20.7 Å². The van der Waals surface area contributed by atoms with Gasteiger partial charge in [-0.15, -0.1) is 0 Å². The van der Waals surface area contributed by atoms with Gasteiger partial charge < -0.3 is 5.32 Å². The second-order valence-corrected chi connectivity index (χ2v) is 3.46. The lowest BCUT2D eigenvalue weighted by molar-refractivity contribution is 0.102. The Labute approximate surface area is 102 Å². The van der Waals surface area contributed by atoms with E-state index in [9.17, 15) is 9.18 Å². The number of nitrogens with zero attached hydrogens (tertiary/aromatic N) is 4. The number of carbonyl (C=O) groups excluding carboxylic acids is 1. The van der Waals surface area contributed by atoms with Gasteiger partial charge in [0.2, 0.25) is 0 Å². The first-order valence-electron chi connectivity index (χ1n) is 4.97. The van der Waals surface area contributed by atoms with Crippen molar-refractivity contribution in [3.63, 3.8) is 0 Å². The maximum absolute atomic E-state index is 12.7. The van der Waals surface area contributed by atoms with E-state index >= 15 is 0 Å². The Balaban J connectivity index is 2.24. The number of aromatic nitrogens is 3. The summed E-state index contributed by atoms with van der Waals surface area (Å²) in [5.74, 6) is -0.784. The Kier molecular flexibility index (Phi) is 3.02. The molecule has 0 aliphatic carbocycles. The van der Waals surface area contributed by atoms with Gasteiger partial charge in [-0.1, -0.05) is 0 Å². The second-order valence-electron chi connectivity index (χ2n) is 3.46. The molecule has 0 saturated carbocycles. The molecule has 0 unspecified atom stereocenters. The quantitative estimate of drug-likeness (QED) is 0.858. The molecule has 0 aliphatic rings. The molecule has 2 rings (SSSR count). The minimum absolute atomic E-state index is 0.0569. The number of pyridine rings is 1. The van der Waals surface area contributed by atoms with Crippen LogP contribution in [-0.2, 0) is 7.05 Å². The van der Waals surface area contributed by atoms with Gasteiger partial charge in [0.1, 0.15) is 29.0 Å². The van der Waals surface area contributed by atoms with Crippen LogP contribution in [0.5, 0.6) is 0 Å².